The molecule has 1 aromatic heterocycles. The van der Waals surface area contributed by atoms with Crippen LogP contribution in [0.3, 0.4) is 0 Å². The minimum Gasteiger partial charge on any atom is -0.207 e. The zero-order valence-corrected chi connectivity index (χ0v) is 17.6. The van der Waals surface area contributed by atoms with E-state index in [-0.39, 0.29) is 5.82 Å². The van der Waals surface area contributed by atoms with Crippen molar-refractivity contribution < 1.29 is 4.39 Å². The standard InChI is InChI=1S/C25H35FN2/c1-3-5-6-7-19-8-10-20(11-9-19)12-13-21-14-15-22(18-24(21)26)25-17-16-23(4-2)27-28-25/h14-20H,3-13H2,1-2H3. The van der Waals surface area contributed by atoms with E-state index >= 15 is 0 Å². The van der Waals surface area contributed by atoms with Gasteiger partial charge < -0.3 is 0 Å². The molecule has 1 fully saturated rings. The molecule has 0 amide bonds. The average molecular weight is 383 g/mol. The summed E-state index contributed by atoms with van der Waals surface area (Å²) in [5.41, 5.74) is 3.35. The summed E-state index contributed by atoms with van der Waals surface area (Å²) in [6, 6.07) is 9.44. The maximum Gasteiger partial charge on any atom is 0.127 e. The van der Waals surface area contributed by atoms with Crippen molar-refractivity contribution in [1.82, 2.24) is 10.2 Å². The van der Waals surface area contributed by atoms with Crippen molar-refractivity contribution in [2.45, 2.75) is 84.5 Å². The molecule has 1 saturated carbocycles. The fourth-order valence-electron chi connectivity index (χ4n) is 4.46. The normalized spacial score (nSPS) is 19.7. The van der Waals surface area contributed by atoms with Gasteiger partial charge in [0.25, 0.3) is 0 Å². The minimum absolute atomic E-state index is 0.105. The predicted octanol–water partition coefficient (Wildman–Crippen LogP) is 7.16. The Kier molecular flexibility index (Phi) is 8.00. The first-order valence-corrected chi connectivity index (χ1v) is 11.3. The van der Waals surface area contributed by atoms with E-state index < -0.39 is 0 Å². The van der Waals surface area contributed by atoms with E-state index in [9.17, 15) is 4.39 Å². The van der Waals surface area contributed by atoms with Gasteiger partial charge in [-0.25, -0.2) is 4.39 Å². The number of hydrogen-bond donors (Lipinski definition) is 0. The van der Waals surface area contributed by atoms with Gasteiger partial charge in [0.1, 0.15) is 5.82 Å². The van der Waals surface area contributed by atoms with Crippen molar-refractivity contribution in [2.24, 2.45) is 11.8 Å². The summed E-state index contributed by atoms with van der Waals surface area (Å²) in [5, 5.41) is 8.41. The molecule has 1 heterocycles. The second-order valence-electron chi connectivity index (χ2n) is 8.49. The molecule has 28 heavy (non-hydrogen) atoms. The van der Waals surface area contributed by atoms with Crippen molar-refractivity contribution in [1.29, 1.82) is 0 Å². The first-order chi connectivity index (χ1) is 13.7. The highest BCUT2D eigenvalue weighted by Gasteiger charge is 2.21. The van der Waals surface area contributed by atoms with Gasteiger partial charge in [-0.15, -0.1) is 0 Å². The van der Waals surface area contributed by atoms with E-state index in [4.69, 9.17) is 0 Å². The van der Waals surface area contributed by atoms with Crippen molar-refractivity contribution in [2.75, 3.05) is 0 Å². The summed E-state index contributed by atoms with van der Waals surface area (Å²) in [4.78, 5) is 0. The third-order valence-electron chi connectivity index (χ3n) is 6.44. The monoisotopic (exact) mass is 382 g/mol. The van der Waals surface area contributed by atoms with Gasteiger partial charge in [0.2, 0.25) is 0 Å². The van der Waals surface area contributed by atoms with Crippen LogP contribution < -0.4 is 0 Å². The average Bonchev–Trinajstić information content (AvgIpc) is 2.74. The molecule has 0 spiro atoms. The van der Waals surface area contributed by atoms with Crippen molar-refractivity contribution in [3.8, 4) is 11.3 Å². The van der Waals surface area contributed by atoms with Crippen molar-refractivity contribution >= 4 is 0 Å². The van der Waals surface area contributed by atoms with Crippen LogP contribution in [0.1, 0.15) is 82.9 Å². The number of benzene rings is 1. The van der Waals surface area contributed by atoms with E-state index in [0.29, 0.717) is 0 Å². The highest BCUT2D eigenvalue weighted by Crippen LogP contribution is 2.34. The predicted molar refractivity (Wildman–Crippen MR) is 115 cm³/mol. The van der Waals surface area contributed by atoms with Gasteiger partial charge in [-0.05, 0) is 54.9 Å². The van der Waals surface area contributed by atoms with E-state index in [0.717, 1.165) is 53.6 Å². The number of halogens is 1. The lowest BCUT2D eigenvalue weighted by Crippen LogP contribution is -2.15. The Balaban J connectivity index is 1.49. The Hall–Kier alpha value is -1.77. The highest BCUT2D eigenvalue weighted by molar-refractivity contribution is 5.59. The second kappa shape index (κ2) is 10.7. The third kappa shape index (κ3) is 5.86. The van der Waals surface area contributed by atoms with Crippen LogP contribution in [-0.4, -0.2) is 10.2 Å². The van der Waals surface area contributed by atoms with Gasteiger partial charge in [0, 0.05) is 5.56 Å². The number of rotatable bonds is 9. The molecule has 3 heteroatoms. The van der Waals surface area contributed by atoms with Gasteiger partial charge in [-0.2, -0.15) is 10.2 Å². The van der Waals surface area contributed by atoms with Crippen LogP contribution >= 0.6 is 0 Å². The molecule has 0 saturated heterocycles. The Morgan fingerprint density at radius 3 is 2.25 bits per heavy atom. The molecule has 3 rings (SSSR count). The molecule has 1 aliphatic carbocycles. The van der Waals surface area contributed by atoms with E-state index in [2.05, 4.69) is 24.0 Å². The maximum absolute atomic E-state index is 14.6. The zero-order valence-electron chi connectivity index (χ0n) is 17.6. The Labute approximate surface area is 170 Å². The summed E-state index contributed by atoms with van der Waals surface area (Å²) in [6.45, 7) is 4.33. The van der Waals surface area contributed by atoms with Crippen LogP contribution in [0.2, 0.25) is 0 Å². The van der Waals surface area contributed by atoms with Gasteiger partial charge in [-0.1, -0.05) is 77.3 Å². The molecule has 1 aromatic carbocycles. The summed E-state index contributed by atoms with van der Waals surface area (Å²) in [6.07, 6.45) is 13.7. The molecule has 0 N–H and O–H groups in total. The first kappa shape index (κ1) is 21.0. The molecule has 0 atom stereocenters. The fourth-order valence-corrected chi connectivity index (χ4v) is 4.46. The smallest absolute Gasteiger partial charge is 0.127 e. The van der Waals surface area contributed by atoms with Gasteiger partial charge >= 0.3 is 0 Å². The van der Waals surface area contributed by atoms with Crippen molar-refractivity contribution in [3.63, 3.8) is 0 Å². The van der Waals surface area contributed by atoms with Gasteiger partial charge in [0.05, 0.1) is 11.4 Å². The molecule has 1 aliphatic rings. The van der Waals surface area contributed by atoms with Crippen LogP contribution in [0.4, 0.5) is 4.39 Å². The summed E-state index contributed by atoms with van der Waals surface area (Å²) in [5.74, 6) is 1.61. The lowest BCUT2D eigenvalue weighted by Gasteiger charge is -2.28. The third-order valence-corrected chi connectivity index (χ3v) is 6.44. The first-order valence-electron chi connectivity index (χ1n) is 11.3. The summed E-state index contributed by atoms with van der Waals surface area (Å²) < 4.78 is 14.6. The minimum atomic E-state index is -0.105. The Morgan fingerprint density at radius 2 is 1.64 bits per heavy atom. The Morgan fingerprint density at radius 1 is 0.893 bits per heavy atom. The molecule has 0 bridgehead atoms. The maximum atomic E-state index is 14.6. The van der Waals surface area contributed by atoms with Gasteiger partial charge in [-0.3, -0.25) is 0 Å². The largest absolute Gasteiger partial charge is 0.207 e. The van der Waals surface area contributed by atoms with E-state index in [1.54, 1.807) is 6.07 Å². The zero-order chi connectivity index (χ0) is 19.8. The number of aromatic nitrogens is 2. The summed E-state index contributed by atoms with van der Waals surface area (Å²) >= 11 is 0. The number of hydrogen-bond acceptors (Lipinski definition) is 2. The molecular weight excluding hydrogens is 347 g/mol. The van der Waals surface area contributed by atoms with E-state index in [1.165, 1.54) is 51.4 Å². The van der Waals surface area contributed by atoms with Crippen LogP contribution in [-0.2, 0) is 12.8 Å². The topological polar surface area (TPSA) is 25.8 Å². The molecule has 152 valence electrons. The van der Waals surface area contributed by atoms with E-state index in [1.807, 2.05) is 24.3 Å². The van der Waals surface area contributed by atoms with Crippen LogP contribution in [0, 0.1) is 17.7 Å². The Bertz CT molecular complexity index is 718. The van der Waals surface area contributed by atoms with Crippen LogP contribution in [0.15, 0.2) is 30.3 Å². The second-order valence-corrected chi connectivity index (χ2v) is 8.49. The molecule has 2 aromatic rings. The number of unbranched alkanes of at least 4 members (excludes halogenated alkanes) is 2. The van der Waals surface area contributed by atoms with Crippen molar-refractivity contribution in [3.05, 3.63) is 47.4 Å². The quantitative estimate of drug-likeness (QED) is 0.430. The SMILES string of the molecule is CCCCCC1CCC(CCc2ccc(-c3ccc(CC)nn3)cc2F)CC1. The summed E-state index contributed by atoms with van der Waals surface area (Å²) in [7, 11) is 0. The highest BCUT2D eigenvalue weighted by atomic mass is 19.1. The van der Waals surface area contributed by atoms with Crippen LogP contribution in [0.25, 0.3) is 11.3 Å². The molecule has 0 unspecified atom stereocenters. The molecule has 0 radical (unpaired) electrons. The number of nitrogens with zero attached hydrogens (tertiary/aromatic N) is 2. The molecule has 2 nitrogen and oxygen atoms in total. The lowest BCUT2D eigenvalue weighted by atomic mass is 9.77. The van der Waals surface area contributed by atoms with Gasteiger partial charge in [0.15, 0.2) is 0 Å². The number of aryl methyl sites for hydroxylation is 2. The molecular formula is C25H35FN2. The lowest BCUT2D eigenvalue weighted by molar-refractivity contribution is 0.248. The molecule has 0 aliphatic heterocycles. The fraction of sp³-hybridized carbons (Fsp3) is 0.600. The van der Waals surface area contributed by atoms with Crippen LogP contribution in [0.5, 0.6) is 0 Å².